The van der Waals surface area contributed by atoms with Gasteiger partial charge in [0.2, 0.25) is 0 Å². The highest BCUT2D eigenvalue weighted by molar-refractivity contribution is 9.09. The number of aromatic nitrogens is 1. The minimum absolute atomic E-state index is 0.633. The maximum Gasteiger partial charge on any atom is 0.123 e. The zero-order valence-electron chi connectivity index (χ0n) is 8.99. The first-order valence-corrected chi connectivity index (χ1v) is 6.43. The van der Waals surface area contributed by atoms with Crippen LogP contribution < -0.4 is 5.73 Å². The number of nitrogen functional groups attached to an aromatic ring is 1. The van der Waals surface area contributed by atoms with Crippen LogP contribution in [0.3, 0.4) is 0 Å². The van der Waals surface area contributed by atoms with Crippen molar-refractivity contribution in [3.8, 4) is 0 Å². The molecule has 15 heavy (non-hydrogen) atoms. The van der Waals surface area contributed by atoms with Crippen molar-refractivity contribution in [2.24, 2.45) is 11.8 Å². The first-order valence-electron chi connectivity index (χ1n) is 5.51. The summed E-state index contributed by atoms with van der Waals surface area (Å²) in [4.78, 5) is 4.71. The van der Waals surface area contributed by atoms with Crippen LogP contribution >= 0.6 is 15.9 Å². The van der Waals surface area contributed by atoms with Crippen molar-refractivity contribution < 1.29 is 0 Å². The third-order valence-corrected chi connectivity index (χ3v) is 4.76. The van der Waals surface area contributed by atoms with Crippen molar-refractivity contribution in [2.75, 3.05) is 5.73 Å². The number of hydrogen-bond donors (Lipinski definition) is 1. The molecule has 1 aromatic rings. The van der Waals surface area contributed by atoms with Crippen LogP contribution in [0.5, 0.6) is 0 Å². The number of nitrogens with zero attached hydrogens (tertiary/aromatic N) is 1. The minimum atomic E-state index is 0.633. The Hall–Kier alpha value is -0.570. The lowest BCUT2D eigenvalue weighted by atomic mass is 9.91. The molecule has 2 N–H and O–H groups in total. The summed E-state index contributed by atoms with van der Waals surface area (Å²) >= 11 is 3.73. The maximum atomic E-state index is 5.67. The number of nitrogens with two attached hydrogens (primary N) is 1. The van der Waals surface area contributed by atoms with E-state index in [1.165, 1.54) is 18.4 Å². The summed E-state index contributed by atoms with van der Waals surface area (Å²) in [6.45, 7) is 2.33. The van der Waals surface area contributed by atoms with Gasteiger partial charge in [0.25, 0.3) is 0 Å². The van der Waals surface area contributed by atoms with Crippen LogP contribution in [0.4, 0.5) is 5.82 Å². The molecular weight excluding hydrogens is 252 g/mol. The average molecular weight is 269 g/mol. The van der Waals surface area contributed by atoms with Gasteiger partial charge in [-0.15, -0.1) is 0 Å². The molecule has 1 saturated carbocycles. The van der Waals surface area contributed by atoms with Gasteiger partial charge in [-0.25, -0.2) is 4.98 Å². The van der Waals surface area contributed by atoms with Crippen LogP contribution in [0, 0.1) is 11.8 Å². The molecule has 1 fully saturated rings. The molecule has 0 radical (unpaired) electrons. The van der Waals surface area contributed by atoms with Crippen molar-refractivity contribution in [1.29, 1.82) is 0 Å². The highest BCUT2D eigenvalue weighted by atomic mass is 79.9. The normalized spacial score (nSPS) is 30.7. The van der Waals surface area contributed by atoms with Crippen LogP contribution in [0.25, 0.3) is 0 Å². The van der Waals surface area contributed by atoms with E-state index in [2.05, 4.69) is 33.9 Å². The van der Waals surface area contributed by atoms with Gasteiger partial charge in [0.15, 0.2) is 0 Å². The van der Waals surface area contributed by atoms with Crippen molar-refractivity contribution in [3.63, 3.8) is 0 Å². The fourth-order valence-electron chi connectivity index (χ4n) is 2.41. The topological polar surface area (TPSA) is 38.9 Å². The SMILES string of the molecule is CC1C(Br)CCC1Cc1ccnc(N)c1. The van der Waals surface area contributed by atoms with Crippen LogP contribution in [0.15, 0.2) is 18.3 Å². The summed E-state index contributed by atoms with van der Waals surface area (Å²) in [5, 5.41) is 0. The lowest BCUT2D eigenvalue weighted by molar-refractivity contribution is 0.423. The number of rotatable bonds is 2. The number of pyridine rings is 1. The lowest BCUT2D eigenvalue weighted by Crippen LogP contribution is -2.13. The summed E-state index contributed by atoms with van der Waals surface area (Å²) in [5.74, 6) is 2.18. The second kappa shape index (κ2) is 4.52. The largest absolute Gasteiger partial charge is 0.384 e. The van der Waals surface area contributed by atoms with Gasteiger partial charge in [0.05, 0.1) is 0 Å². The van der Waals surface area contributed by atoms with E-state index < -0.39 is 0 Å². The second-order valence-electron chi connectivity index (χ2n) is 4.51. The van der Waals surface area contributed by atoms with Gasteiger partial charge in [-0.2, -0.15) is 0 Å². The Balaban J connectivity index is 2.03. The Morgan fingerprint density at radius 1 is 1.53 bits per heavy atom. The molecule has 1 aliphatic carbocycles. The average Bonchev–Trinajstić information content (AvgIpc) is 2.50. The summed E-state index contributed by atoms with van der Waals surface area (Å²) in [6.07, 6.45) is 5.55. The minimum Gasteiger partial charge on any atom is -0.384 e. The molecular formula is C12H17BrN2. The smallest absolute Gasteiger partial charge is 0.123 e. The van der Waals surface area contributed by atoms with E-state index in [1.54, 1.807) is 6.20 Å². The van der Waals surface area contributed by atoms with Crippen LogP contribution in [-0.2, 0) is 6.42 Å². The quantitative estimate of drug-likeness (QED) is 0.838. The van der Waals surface area contributed by atoms with Crippen LogP contribution in [0.2, 0.25) is 0 Å². The zero-order chi connectivity index (χ0) is 10.8. The summed E-state index contributed by atoms with van der Waals surface area (Å²) < 4.78 is 0. The molecule has 82 valence electrons. The first-order chi connectivity index (χ1) is 7.16. The number of hydrogen-bond acceptors (Lipinski definition) is 2. The monoisotopic (exact) mass is 268 g/mol. The van der Waals surface area contributed by atoms with Crippen molar-refractivity contribution in [2.45, 2.75) is 31.0 Å². The Kier molecular flexibility index (Phi) is 3.29. The van der Waals surface area contributed by atoms with Crippen molar-refractivity contribution in [3.05, 3.63) is 23.9 Å². The fourth-order valence-corrected chi connectivity index (χ4v) is 3.10. The molecule has 1 aromatic heterocycles. The van der Waals surface area contributed by atoms with E-state index in [0.29, 0.717) is 10.6 Å². The molecule has 0 bridgehead atoms. The third kappa shape index (κ3) is 2.51. The van der Waals surface area contributed by atoms with Crippen LogP contribution in [0.1, 0.15) is 25.3 Å². The van der Waals surface area contributed by atoms with E-state index in [1.807, 2.05) is 6.07 Å². The summed E-state index contributed by atoms with van der Waals surface area (Å²) in [6, 6.07) is 4.07. The molecule has 1 aliphatic rings. The van der Waals surface area contributed by atoms with Crippen molar-refractivity contribution in [1.82, 2.24) is 4.98 Å². The van der Waals surface area contributed by atoms with Gasteiger partial charge in [-0.1, -0.05) is 22.9 Å². The lowest BCUT2D eigenvalue weighted by Gasteiger charge is -2.17. The molecule has 2 rings (SSSR count). The van der Waals surface area contributed by atoms with E-state index in [9.17, 15) is 0 Å². The predicted octanol–water partition coefficient (Wildman–Crippen LogP) is 3.02. The maximum absolute atomic E-state index is 5.67. The zero-order valence-corrected chi connectivity index (χ0v) is 10.6. The van der Waals surface area contributed by atoms with Gasteiger partial charge < -0.3 is 5.73 Å². The third-order valence-electron chi connectivity index (χ3n) is 3.47. The highest BCUT2D eigenvalue weighted by Gasteiger charge is 2.30. The molecule has 0 saturated heterocycles. The Labute approximate surface area is 99.4 Å². The number of alkyl halides is 1. The standard InChI is InChI=1S/C12H17BrN2/c1-8-10(2-3-11(8)13)6-9-4-5-15-12(14)7-9/h4-5,7-8,10-11H,2-3,6H2,1H3,(H2,14,15). The first kappa shape index (κ1) is 10.9. The van der Waals surface area contributed by atoms with E-state index in [-0.39, 0.29) is 0 Å². The Morgan fingerprint density at radius 3 is 2.93 bits per heavy atom. The van der Waals surface area contributed by atoms with Gasteiger partial charge in [0.1, 0.15) is 5.82 Å². The van der Waals surface area contributed by atoms with E-state index in [0.717, 1.165) is 18.3 Å². The molecule has 1 heterocycles. The van der Waals surface area contributed by atoms with Crippen molar-refractivity contribution >= 4 is 21.7 Å². The van der Waals surface area contributed by atoms with E-state index >= 15 is 0 Å². The molecule has 2 nitrogen and oxygen atoms in total. The molecule has 3 unspecified atom stereocenters. The molecule has 0 amide bonds. The van der Waals surface area contributed by atoms with Gasteiger partial charge in [0, 0.05) is 11.0 Å². The van der Waals surface area contributed by atoms with Gasteiger partial charge in [-0.3, -0.25) is 0 Å². The number of halogens is 1. The summed E-state index contributed by atoms with van der Waals surface area (Å²) in [7, 11) is 0. The Bertz CT molecular complexity index is 340. The van der Waals surface area contributed by atoms with Crippen LogP contribution in [-0.4, -0.2) is 9.81 Å². The molecule has 3 heteroatoms. The number of anilines is 1. The molecule has 0 aromatic carbocycles. The second-order valence-corrected chi connectivity index (χ2v) is 5.68. The van der Waals surface area contributed by atoms with Gasteiger partial charge in [-0.05, 0) is 48.8 Å². The van der Waals surface area contributed by atoms with Gasteiger partial charge >= 0.3 is 0 Å². The highest BCUT2D eigenvalue weighted by Crippen LogP contribution is 2.38. The molecule has 3 atom stereocenters. The summed E-state index contributed by atoms with van der Waals surface area (Å²) in [5.41, 5.74) is 6.99. The predicted molar refractivity (Wildman–Crippen MR) is 67.0 cm³/mol. The van der Waals surface area contributed by atoms with E-state index in [4.69, 9.17) is 5.73 Å². The fraction of sp³-hybridized carbons (Fsp3) is 0.583. The molecule has 0 aliphatic heterocycles. The molecule has 0 spiro atoms. The Morgan fingerprint density at radius 2 is 2.33 bits per heavy atom.